The summed E-state index contributed by atoms with van der Waals surface area (Å²) in [5.41, 5.74) is 1.58. The van der Waals surface area contributed by atoms with E-state index in [1.807, 2.05) is 0 Å². The zero-order chi connectivity index (χ0) is 18.1. The van der Waals surface area contributed by atoms with Crippen LogP contribution in [0, 0.1) is 0 Å². The van der Waals surface area contributed by atoms with Gasteiger partial charge in [0.25, 0.3) is 0 Å². The molecular formula is C21H29N5O. The summed E-state index contributed by atoms with van der Waals surface area (Å²) in [6.07, 6.45) is 5.64. The minimum absolute atomic E-state index is 0.107. The van der Waals surface area contributed by atoms with Crippen molar-refractivity contribution in [1.29, 1.82) is 0 Å². The Hall–Kier alpha value is -1.63. The normalized spacial score (nSPS) is 32.1. The van der Waals surface area contributed by atoms with Crippen molar-refractivity contribution in [3.8, 4) is 0 Å². The third-order valence-electron chi connectivity index (χ3n) is 6.60. The lowest BCUT2D eigenvalue weighted by molar-refractivity contribution is -0.0430. The fourth-order valence-electron chi connectivity index (χ4n) is 4.88. The highest BCUT2D eigenvalue weighted by molar-refractivity contribution is 5.83. The van der Waals surface area contributed by atoms with Gasteiger partial charge in [-0.1, -0.05) is 30.3 Å². The zero-order valence-electron chi connectivity index (χ0n) is 15.9. The molecule has 1 saturated carbocycles. The van der Waals surface area contributed by atoms with Crippen LogP contribution in [0.3, 0.4) is 0 Å². The smallest absolute Gasteiger partial charge is 0.152 e. The van der Waals surface area contributed by atoms with Crippen molar-refractivity contribution < 1.29 is 4.74 Å². The van der Waals surface area contributed by atoms with Crippen LogP contribution in [0.1, 0.15) is 43.6 Å². The molecular weight excluding hydrogens is 338 g/mol. The van der Waals surface area contributed by atoms with E-state index >= 15 is 0 Å². The van der Waals surface area contributed by atoms with Gasteiger partial charge in [0.15, 0.2) is 6.67 Å². The number of ether oxygens (including phenoxy) is 1. The monoisotopic (exact) mass is 367 g/mol. The number of azo groups is 1. The number of aliphatic imine (C=N–C) groups is 1. The van der Waals surface area contributed by atoms with Gasteiger partial charge in [0, 0.05) is 44.1 Å². The molecule has 1 unspecified atom stereocenters. The van der Waals surface area contributed by atoms with Crippen LogP contribution in [0.15, 0.2) is 45.6 Å². The molecule has 3 atom stereocenters. The van der Waals surface area contributed by atoms with Crippen molar-refractivity contribution in [2.24, 2.45) is 15.2 Å². The average Bonchev–Trinajstić information content (AvgIpc) is 3.09. The second-order valence-corrected chi connectivity index (χ2v) is 8.47. The number of nitrogens with zero attached hydrogens (tertiary/aromatic N) is 4. The maximum Gasteiger partial charge on any atom is 0.152 e. The Bertz CT molecular complexity index is 711. The molecule has 6 heteroatoms. The highest BCUT2D eigenvalue weighted by atomic mass is 16.5. The number of hydrogen-bond donors (Lipinski definition) is 1. The van der Waals surface area contributed by atoms with E-state index in [1.165, 1.54) is 18.4 Å². The van der Waals surface area contributed by atoms with Gasteiger partial charge in [-0.2, -0.15) is 5.11 Å². The summed E-state index contributed by atoms with van der Waals surface area (Å²) in [6.45, 7) is 4.67. The summed E-state index contributed by atoms with van der Waals surface area (Å²) in [5, 5.41) is 11.9. The number of benzene rings is 1. The molecule has 3 aliphatic heterocycles. The Balaban J connectivity index is 1.06. The van der Waals surface area contributed by atoms with Gasteiger partial charge in [0.2, 0.25) is 0 Å². The highest BCUT2D eigenvalue weighted by Gasteiger charge is 2.46. The first-order chi connectivity index (χ1) is 13.3. The molecule has 27 heavy (non-hydrogen) atoms. The second kappa shape index (κ2) is 7.41. The molecule has 1 aliphatic carbocycles. The summed E-state index contributed by atoms with van der Waals surface area (Å²) in [4.78, 5) is 6.81. The summed E-state index contributed by atoms with van der Waals surface area (Å²) in [7, 11) is 0. The van der Waals surface area contributed by atoms with Crippen molar-refractivity contribution in [1.82, 2.24) is 10.2 Å². The molecule has 0 aromatic heterocycles. The fourth-order valence-corrected chi connectivity index (χ4v) is 4.88. The van der Waals surface area contributed by atoms with Gasteiger partial charge in [-0.05, 0) is 31.2 Å². The minimum Gasteiger partial charge on any atom is -0.373 e. The Morgan fingerprint density at radius 1 is 1.19 bits per heavy atom. The number of rotatable bonds is 6. The fraction of sp³-hybridized carbons (Fsp3) is 0.667. The van der Waals surface area contributed by atoms with Crippen LogP contribution in [0.5, 0.6) is 0 Å². The lowest BCUT2D eigenvalue weighted by atomic mass is 9.87. The Labute approximate surface area is 161 Å². The van der Waals surface area contributed by atoms with Crippen LogP contribution in [-0.4, -0.2) is 61.3 Å². The van der Waals surface area contributed by atoms with Crippen molar-refractivity contribution in [3.63, 3.8) is 0 Å². The van der Waals surface area contributed by atoms with Crippen LogP contribution in [0.2, 0.25) is 0 Å². The predicted molar refractivity (Wildman–Crippen MR) is 105 cm³/mol. The van der Waals surface area contributed by atoms with Crippen LogP contribution in [0.4, 0.5) is 0 Å². The third-order valence-corrected chi connectivity index (χ3v) is 6.60. The predicted octanol–water partition coefficient (Wildman–Crippen LogP) is 2.97. The first-order valence-electron chi connectivity index (χ1n) is 10.4. The van der Waals surface area contributed by atoms with E-state index in [0.717, 1.165) is 51.3 Å². The topological polar surface area (TPSA) is 61.6 Å². The van der Waals surface area contributed by atoms with Crippen LogP contribution >= 0.6 is 0 Å². The van der Waals surface area contributed by atoms with Gasteiger partial charge in [-0.3, -0.25) is 0 Å². The van der Waals surface area contributed by atoms with Gasteiger partial charge in [0.05, 0.1) is 12.2 Å². The highest BCUT2D eigenvalue weighted by Crippen LogP contribution is 2.43. The molecule has 5 rings (SSSR count). The molecule has 2 saturated heterocycles. The molecule has 144 valence electrons. The molecule has 0 radical (unpaired) electrons. The Morgan fingerprint density at radius 3 is 2.81 bits per heavy atom. The molecule has 6 nitrogen and oxygen atoms in total. The quantitative estimate of drug-likeness (QED) is 0.841. The van der Waals surface area contributed by atoms with Crippen LogP contribution in [0.25, 0.3) is 0 Å². The van der Waals surface area contributed by atoms with Crippen molar-refractivity contribution in [2.75, 3.05) is 32.9 Å². The lowest BCUT2D eigenvalue weighted by Gasteiger charge is -2.38. The Morgan fingerprint density at radius 2 is 2.04 bits per heavy atom. The number of amidine groups is 1. The molecule has 3 heterocycles. The summed E-state index contributed by atoms with van der Waals surface area (Å²) < 4.78 is 6.34. The molecule has 3 fully saturated rings. The zero-order valence-corrected chi connectivity index (χ0v) is 15.9. The van der Waals surface area contributed by atoms with Gasteiger partial charge in [0.1, 0.15) is 5.84 Å². The van der Waals surface area contributed by atoms with Crippen molar-refractivity contribution >= 4 is 5.84 Å². The maximum atomic E-state index is 6.34. The molecule has 0 amide bonds. The molecule has 0 bridgehead atoms. The Kier molecular flexibility index (Phi) is 4.80. The average molecular weight is 367 g/mol. The maximum absolute atomic E-state index is 6.34. The van der Waals surface area contributed by atoms with Gasteiger partial charge in [-0.25, -0.2) is 4.99 Å². The first kappa shape index (κ1) is 17.5. The third kappa shape index (κ3) is 3.98. The molecule has 4 aliphatic rings. The van der Waals surface area contributed by atoms with E-state index in [9.17, 15) is 0 Å². The first-order valence-corrected chi connectivity index (χ1v) is 10.4. The number of nitrogens with one attached hydrogen (secondary N) is 1. The van der Waals surface area contributed by atoms with E-state index < -0.39 is 0 Å². The van der Waals surface area contributed by atoms with Gasteiger partial charge >= 0.3 is 0 Å². The second-order valence-electron chi connectivity index (χ2n) is 8.47. The van der Waals surface area contributed by atoms with Crippen molar-refractivity contribution in [3.05, 3.63) is 35.9 Å². The van der Waals surface area contributed by atoms with E-state index in [1.54, 1.807) is 0 Å². The minimum atomic E-state index is 0.107. The lowest BCUT2D eigenvalue weighted by Crippen LogP contribution is -2.45. The number of likely N-dealkylation sites (tertiary alicyclic amines) is 1. The van der Waals surface area contributed by atoms with Gasteiger partial charge in [-0.15, -0.1) is 5.11 Å². The molecule has 1 spiro atoms. The standard InChI is InChI=1S/C21H29N5O/c1-2-4-16(5-3-1)18-12-19(18)24-17-13-21(27-14-17)7-10-26(11-8-21)9-6-20-22-15-23-25-20/h1-5,17-19,24H,6-15H2/t17?,18-,19+/m0/s1. The van der Waals surface area contributed by atoms with Gasteiger partial charge < -0.3 is 15.0 Å². The molecule has 1 N–H and O–H groups in total. The SMILES string of the molecule is c1ccc([C@@H]2C[C@H]2NC2COC3(CCN(CCC4=NCN=N4)CC3)C2)cc1. The number of hydrogen-bond acceptors (Lipinski definition) is 6. The van der Waals surface area contributed by atoms with E-state index in [2.05, 4.69) is 55.8 Å². The van der Waals surface area contributed by atoms with Crippen LogP contribution in [-0.2, 0) is 4.74 Å². The van der Waals surface area contributed by atoms with Crippen molar-refractivity contribution in [2.45, 2.75) is 55.7 Å². The van der Waals surface area contributed by atoms with E-state index in [0.29, 0.717) is 24.7 Å². The number of piperidine rings is 1. The van der Waals surface area contributed by atoms with Crippen LogP contribution < -0.4 is 5.32 Å². The summed E-state index contributed by atoms with van der Waals surface area (Å²) in [5.74, 6) is 1.61. The van der Waals surface area contributed by atoms with E-state index in [-0.39, 0.29) is 5.60 Å². The summed E-state index contributed by atoms with van der Waals surface area (Å²) in [6, 6.07) is 12.1. The largest absolute Gasteiger partial charge is 0.373 e. The molecule has 1 aromatic rings. The van der Waals surface area contributed by atoms with E-state index in [4.69, 9.17) is 4.74 Å². The summed E-state index contributed by atoms with van der Waals surface area (Å²) >= 11 is 0. The molecule has 1 aromatic carbocycles.